The summed E-state index contributed by atoms with van der Waals surface area (Å²) in [5.41, 5.74) is 3.84. The summed E-state index contributed by atoms with van der Waals surface area (Å²) in [7, 11) is 0. The third-order valence-corrected chi connectivity index (χ3v) is 5.09. The second kappa shape index (κ2) is 8.63. The minimum absolute atomic E-state index is 0.0469. The maximum atomic E-state index is 13.4. The van der Waals surface area contributed by atoms with Gasteiger partial charge < -0.3 is 16.4 Å². The van der Waals surface area contributed by atoms with Gasteiger partial charge in [-0.3, -0.25) is 9.59 Å². The molecular weight excluding hydrogens is 440 g/mol. The average Bonchev–Trinajstić information content (AvgIpc) is 3.19. The molecule has 0 radical (unpaired) electrons. The molecule has 2 amide bonds. The van der Waals surface area contributed by atoms with Gasteiger partial charge in [0.25, 0.3) is 11.8 Å². The van der Waals surface area contributed by atoms with Crippen LogP contribution in [-0.4, -0.2) is 26.8 Å². The van der Waals surface area contributed by atoms with Crippen molar-refractivity contribution in [3.63, 3.8) is 0 Å². The number of thiazole rings is 1. The van der Waals surface area contributed by atoms with Gasteiger partial charge in [0.1, 0.15) is 33.5 Å². The van der Waals surface area contributed by atoms with E-state index in [-0.39, 0.29) is 22.1 Å². The Morgan fingerprint density at radius 1 is 1.13 bits per heavy atom. The highest BCUT2D eigenvalue weighted by molar-refractivity contribution is 7.13. The van der Waals surface area contributed by atoms with Gasteiger partial charge in [-0.1, -0.05) is 0 Å². The first-order valence-electron chi connectivity index (χ1n) is 8.57. The topological polar surface area (TPSA) is 123 Å². The van der Waals surface area contributed by atoms with Gasteiger partial charge in [-0.2, -0.15) is 13.2 Å². The molecule has 8 nitrogen and oxygen atoms in total. The average molecular weight is 454 g/mol. The molecule has 0 aliphatic carbocycles. The first-order chi connectivity index (χ1) is 14.5. The second-order valence-electron chi connectivity index (χ2n) is 6.23. The molecule has 4 N–H and O–H groups in total. The molecule has 3 rings (SSSR count). The number of anilines is 2. The van der Waals surface area contributed by atoms with Crippen LogP contribution < -0.4 is 16.4 Å². The van der Waals surface area contributed by atoms with E-state index in [1.54, 1.807) is 6.92 Å². The summed E-state index contributed by atoms with van der Waals surface area (Å²) in [6.45, 7) is 1.62. The van der Waals surface area contributed by atoms with E-state index < -0.39 is 35.4 Å². The molecule has 0 aliphatic heterocycles. The first kappa shape index (κ1) is 22.1. The molecule has 31 heavy (non-hydrogen) atoms. The summed E-state index contributed by atoms with van der Waals surface area (Å²) in [4.78, 5) is 36.2. The molecule has 1 unspecified atom stereocenters. The SMILES string of the molecule is CC(NC(=O)c1cc(N)ncn1)c1ncc(C(=O)Nc2ccc(F)c(C(F)(F)F)c2)s1. The normalized spacial score (nSPS) is 12.3. The summed E-state index contributed by atoms with van der Waals surface area (Å²) < 4.78 is 51.8. The fourth-order valence-corrected chi connectivity index (χ4v) is 3.25. The number of hydrogen-bond donors (Lipinski definition) is 3. The lowest BCUT2D eigenvalue weighted by molar-refractivity contribution is -0.139. The van der Waals surface area contributed by atoms with Crippen LogP contribution in [0.15, 0.2) is 36.8 Å². The second-order valence-corrected chi connectivity index (χ2v) is 7.29. The van der Waals surface area contributed by atoms with Crippen LogP contribution in [-0.2, 0) is 6.18 Å². The number of carbonyl (C=O) groups excluding carboxylic acids is 2. The van der Waals surface area contributed by atoms with Crippen molar-refractivity contribution in [1.82, 2.24) is 20.3 Å². The Kier molecular flexibility index (Phi) is 6.15. The Morgan fingerprint density at radius 2 is 1.87 bits per heavy atom. The predicted molar refractivity (Wildman–Crippen MR) is 104 cm³/mol. The van der Waals surface area contributed by atoms with Crippen molar-refractivity contribution in [3.05, 3.63) is 63.7 Å². The zero-order valence-electron chi connectivity index (χ0n) is 15.7. The Bertz CT molecular complexity index is 1130. The van der Waals surface area contributed by atoms with Crippen LogP contribution in [0.5, 0.6) is 0 Å². The number of rotatable bonds is 5. The molecule has 0 saturated heterocycles. The van der Waals surface area contributed by atoms with E-state index in [1.165, 1.54) is 12.3 Å². The van der Waals surface area contributed by atoms with Crippen LogP contribution in [0.1, 0.15) is 43.7 Å². The molecule has 0 bridgehead atoms. The minimum atomic E-state index is -4.90. The molecule has 0 aliphatic rings. The van der Waals surface area contributed by atoms with Crippen LogP contribution >= 0.6 is 11.3 Å². The Balaban J connectivity index is 1.69. The Hall–Kier alpha value is -3.61. The van der Waals surface area contributed by atoms with E-state index in [4.69, 9.17) is 5.73 Å². The van der Waals surface area contributed by atoms with E-state index in [0.717, 1.165) is 23.7 Å². The number of amides is 2. The fraction of sp³-hybridized carbons (Fsp3) is 0.167. The summed E-state index contributed by atoms with van der Waals surface area (Å²) in [5.74, 6) is -2.59. The summed E-state index contributed by atoms with van der Waals surface area (Å²) in [5, 5.41) is 5.28. The van der Waals surface area contributed by atoms with Crippen molar-refractivity contribution in [2.24, 2.45) is 0 Å². The lowest BCUT2D eigenvalue weighted by Crippen LogP contribution is -2.27. The molecule has 0 fully saturated rings. The first-order valence-corrected chi connectivity index (χ1v) is 9.38. The van der Waals surface area contributed by atoms with Crippen LogP contribution in [0.2, 0.25) is 0 Å². The molecule has 13 heteroatoms. The molecule has 162 valence electrons. The highest BCUT2D eigenvalue weighted by Gasteiger charge is 2.34. The minimum Gasteiger partial charge on any atom is -0.384 e. The molecule has 2 aromatic heterocycles. The van der Waals surface area contributed by atoms with Crippen molar-refractivity contribution in [2.75, 3.05) is 11.1 Å². The highest BCUT2D eigenvalue weighted by Crippen LogP contribution is 2.33. The van der Waals surface area contributed by atoms with Crippen molar-refractivity contribution < 1.29 is 27.2 Å². The number of hydrogen-bond acceptors (Lipinski definition) is 7. The predicted octanol–water partition coefficient (Wildman–Crippen LogP) is 3.42. The number of aromatic nitrogens is 3. The molecule has 0 saturated carbocycles. The van der Waals surface area contributed by atoms with Gasteiger partial charge in [0, 0.05) is 11.8 Å². The van der Waals surface area contributed by atoms with Crippen molar-refractivity contribution in [2.45, 2.75) is 19.1 Å². The van der Waals surface area contributed by atoms with E-state index in [1.807, 2.05) is 0 Å². The Labute approximate surface area is 176 Å². The highest BCUT2D eigenvalue weighted by atomic mass is 32.1. The molecule has 1 atom stereocenters. The zero-order valence-corrected chi connectivity index (χ0v) is 16.5. The van der Waals surface area contributed by atoms with Gasteiger partial charge in [-0.25, -0.2) is 19.3 Å². The zero-order chi connectivity index (χ0) is 22.8. The smallest absolute Gasteiger partial charge is 0.384 e. The van der Waals surface area contributed by atoms with Crippen LogP contribution in [0.25, 0.3) is 0 Å². The lowest BCUT2D eigenvalue weighted by Gasteiger charge is -2.11. The number of nitrogens with zero attached hydrogens (tertiary/aromatic N) is 3. The lowest BCUT2D eigenvalue weighted by atomic mass is 10.2. The fourth-order valence-electron chi connectivity index (χ4n) is 2.43. The standard InChI is InChI=1S/C18H14F4N6O2S/c1-8(27-15(29)12-5-14(23)26-7-25-12)17-24-6-13(31-17)16(30)28-9-2-3-11(19)10(4-9)18(20,21)22/h2-8H,1H3,(H,27,29)(H,28,30)(H2,23,25,26). The van der Waals surface area contributed by atoms with Gasteiger partial charge in [0.15, 0.2) is 0 Å². The summed E-state index contributed by atoms with van der Waals surface area (Å²) in [6, 6.07) is 2.83. The quantitative estimate of drug-likeness (QED) is 0.508. The monoisotopic (exact) mass is 454 g/mol. The van der Waals surface area contributed by atoms with E-state index in [0.29, 0.717) is 17.1 Å². The van der Waals surface area contributed by atoms with Crippen molar-refractivity contribution >= 4 is 34.7 Å². The van der Waals surface area contributed by atoms with E-state index in [2.05, 4.69) is 25.6 Å². The summed E-state index contributed by atoms with van der Waals surface area (Å²) >= 11 is 0.930. The number of carbonyl (C=O) groups is 2. The maximum Gasteiger partial charge on any atom is 0.419 e. The van der Waals surface area contributed by atoms with Gasteiger partial charge >= 0.3 is 6.18 Å². The van der Waals surface area contributed by atoms with Crippen molar-refractivity contribution in [3.8, 4) is 0 Å². The van der Waals surface area contributed by atoms with E-state index >= 15 is 0 Å². The number of nitrogens with one attached hydrogen (secondary N) is 2. The van der Waals surface area contributed by atoms with Gasteiger partial charge in [-0.15, -0.1) is 11.3 Å². The van der Waals surface area contributed by atoms with Gasteiger partial charge in [0.2, 0.25) is 0 Å². The van der Waals surface area contributed by atoms with Crippen LogP contribution in [0, 0.1) is 5.82 Å². The number of halogens is 4. The van der Waals surface area contributed by atoms with Crippen LogP contribution in [0.3, 0.4) is 0 Å². The summed E-state index contributed by atoms with van der Waals surface area (Å²) in [6.07, 6.45) is -2.54. The molecule has 3 aromatic rings. The largest absolute Gasteiger partial charge is 0.419 e. The number of alkyl halides is 3. The number of benzene rings is 1. The third-order valence-electron chi connectivity index (χ3n) is 3.92. The van der Waals surface area contributed by atoms with Crippen LogP contribution in [0.4, 0.5) is 29.1 Å². The third kappa shape index (κ3) is 5.31. The van der Waals surface area contributed by atoms with E-state index in [9.17, 15) is 27.2 Å². The van der Waals surface area contributed by atoms with Gasteiger partial charge in [0.05, 0.1) is 17.8 Å². The molecule has 0 spiro atoms. The van der Waals surface area contributed by atoms with Gasteiger partial charge in [-0.05, 0) is 25.1 Å². The number of nitrogens with two attached hydrogens (primary N) is 1. The molecule has 2 heterocycles. The number of nitrogen functional groups attached to an aromatic ring is 1. The molecular formula is C18H14F4N6O2S. The Morgan fingerprint density at radius 3 is 2.55 bits per heavy atom. The van der Waals surface area contributed by atoms with Crippen molar-refractivity contribution in [1.29, 1.82) is 0 Å². The maximum absolute atomic E-state index is 13.4. The molecule has 1 aromatic carbocycles.